The Morgan fingerprint density at radius 1 is 1.07 bits per heavy atom. The predicted molar refractivity (Wildman–Crippen MR) is 112 cm³/mol. The average Bonchev–Trinajstić information content (AvgIpc) is 3.26. The molecule has 8 heteroatoms. The quantitative estimate of drug-likeness (QED) is 0.610. The standard InChI is InChI=1S/C19H23N3O3S2/c1-5-22(6-2)19-21-18-16(27-19)10-15(26-18)17(23)20-11-12-7-13(24-3)9-14(8-12)25-4/h7-10H,5-6,11H2,1-4H3,(H,20,23). The van der Waals surface area contributed by atoms with Crippen LogP contribution in [0.3, 0.4) is 0 Å². The van der Waals surface area contributed by atoms with Gasteiger partial charge in [0.15, 0.2) is 5.13 Å². The van der Waals surface area contributed by atoms with E-state index in [1.807, 2.05) is 18.2 Å². The van der Waals surface area contributed by atoms with Crippen molar-refractivity contribution >= 4 is 43.2 Å². The molecule has 3 rings (SSSR count). The predicted octanol–water partition coefficient (Wildman–Crippen LogP) is 4.15. The van der Waals surface area contributed by atoms with Gasteiger partial charge in [-0.2, -0.15) is 0 Å². The minimum absolute atomic E-state index is 0.101. The lowest BCUT2D eigenvalue weighted by Gasteiger charge is -2.16. The van der Waals surface area contributed by atoms with Crippen LogP contribution in [-0.2, 0) is 6.54 Å². The van der Waals surface area contributed by atoms with Gasteiger partial charge in [-0.25, -0.2) is 4.98 Å². The van der Waals surface area contributed by atoms with E-state index in [2.05, 4.69) is 29.0 Å². The zero-order chi connectivity index (χ0) is 19.4. The molecule has 0 aliphatic heterocycles. The molecule has 0 unspecified atom stereocenters. The monoisotopic (exact) mass is 405 g/mol. The van der Waals surface area contributed by atoms with Crippen LogP contribution >= 0.6 is 22.7 Å². The van der Waals surface area contributed by atoms with E-state index >= 15 is 0 Å². The van der Waals surface area contributed by atoms with E-state index in [4.69, 9.17) is 9.47 Å². The van der Waals surface area contributed by atoms with Gasteiger partial charge < -0.3 is 19.7 Å². The average molecular weight is 406 g/mol. The van der Waals surface area contributed by atoms with Crippen LogP contribution in [0.15, 0.2) is 24.3 Å². The molecule has 0 spiro atoms. The highest BCUT2D eigenvalue weighted by Crippen LogP contribution is 2.34. The third-order valence-corrected chi connectivity index (χ3v) is 6.42. The Balaban J connectivity index is 1.70. The molecular formula is C19H23N3O3S2. The number of fused-ring (bicyclic) bond motifs is 1. The first-order chi connectivity index (χ1) is 13.1. The maximum Gasteiger partial charge on any atom is 0.261 e. The summed E-state index contributed by atoms with van der Waals surface area (Å²) < 4.78 is 11.6. The molecule has 0 radical (unpaired) electrons. The molecule has 0 aliphatic carbocycles. The van der Waals surface area contributed by atoms with Crippen LogP contribution in [0.1, 0.15) is 29.1 Å². The molecule has 1 amide bonds. The number of rotatable bonds is 8. The number of carbonyl (C=O) groups is 1. The fourth-order valence-electron chi connectivity index (χ4n) is 2.70. The summed E-state index contributed by atoms with van der Waals surface area (Å²) in [6.07, 6.45) is 0. The Kier molecular flexibility index (Phi) is 6.18. The Bertz CT molecular complexity index is 878. The van der Waals surface area contributed by atoms with Gasteiger partial charge in [0.1, 0.15) is 16.3 Å². The highest BCUT2D eigenvalue weighted by molar-refractivity contribution is 7.29. The fraction of sp³-hybridized carbons (Fsp3) is 0.368. The van der Waals surface area contributed by atoms with Crippen LogP contribution < -0.4 is 19.7 Å². The number of aromatic nitrogens is 1. The number of methoxy groups -OCH3 is 2. The minimum atomic E-state index is -0.101. The van der Waals surface area contributed by atoms with Gasteiger partial charge in [-0.05, 0) is 37.6 Å². The summed E-state index contributed by atoms with van der Waals surface area (Å²) in [5, 5.41) is 3.97. The number of ether oxygens (including phenoxy) is 2. The van der Waals surface area contributed by atoms with Crippen LogP contribution in [0.5, 0.6) is 11.5 Å². The van der Waals surface area contributed by atoms with Crippen LogP contribution in [0.25, 0.3) is 9.53 Å². The summed E-state index contributed by atoms with van der Waals surface area (Å²) in [6.45, 7) is 6.48. The summed E-state index contributed by atoms with van der Waals surface area (Å²) in [6, 6.07) is 7.49. The maximum absolute atomic E-state index is 12.5. The van der Waals surface area contributed by atoms with Gasteiger partial charge in [-0.15, -0.1) is 11.3 Å². The number of thiophene rings is 1. The van der Waals surface area contributed by atoms with Crippen molar-refractivity contribution in [1.82, 2.24) is 10.3 Å². The molecule has 3 aromatic rings. The van der Waals surface area contributed by atoms with Gasteiger partial charge in [0.2, 0.25) is 0 Å². The number of benzene rings is 1. The molecule has 0 atom stereocenters. The van der Waals surface area contributed by atoms with E-state index in [9.17, 15) is 4.79 Å². The SMILES string of the molecule is CCN(CC)c1nc2sc(C(=O)NCc3cc(OC)cc(OC)c3)cc2s1. The molecule has 2 aromatic heterocycles. The van der Waals surface area contributed by atoms with Crippen molar-refractivity contribution in [3.63, 3.8) is 0 Å². The lowest BCUT2D eigenvalue weighted by atomic mass is 10.2. The highest BCUT2D eigenvalue weighted by Gasteiger charge is 2.16. The molecule has 6 nitrogen and oxygen atoms in total. The van der Waals surface area contributed by atoms with E-state index in [0.29, 0.717) is 22.9 Å². The van der Waals surface area contributed by atoms with Crippen molar-refractivity contribution in [1.29, 1.82) is 0 Å². The Labute approximate surface area is 166 Å². The van der Waals surface area contributed by atoms with Crippen molar-refractivity contribution < 1.29 is 14.3 Å². The van der Waals surface area contributed by atoms with Crippen molar-refractivity contribution in [3.05, 3.63) is 34.7 Å². The number of hydrogen-bond donors (Lipinski definition) is 1. The molecule has 0 saturated heterocycles. The van der Waals surface area contributed by atoms with E-state index < -0.39 is 0 Å². The van der Waals surface area contributed by atoms with E-state index in [-0.39, 0.29) is 5.91 Å². The molecule has 0 aliphatic rings. The molecule has 144 valence electrons. The zero-order valence-corrected chi connectivity index (χ0v) is 17.5. The second-order valence-electron chi connectivity index (χ2n) is 5.85. The first kappa shape index (κ1) is 19.4. The maximum atomic E-state index is 12.5. The largest absolute Gasteiger partial charge is 0.497 e. The van der Waals surface area contributed by atoms with E-state index in [1.165, 1.54) is 11.3 Å². The first-order valence-electron chi connectivity index (χ1n) is 8.73. The summed E-state index contributed by atoms with van der Waals surface area (Å²) in [5.41, 5.74) is 0.917. The summed E-state index contributed by atoms with van der Waals surface area (Å²) in [4.78, 5) is 21.0. The van der Waals surface area contributed by atoms with Crippen molar-refractivity contribution in [3.8, 4) is 11.5 Å². The van der Waals surface area contributed by atoms with Gasteiger partial charge in [-0.1, -0.05) is 11.3 Å². The Morgan fingerprint density at radius 2 is 1.74 bits per heavy atom. The summed E-state index contributed by atoms with van der Waals surface area (Å²) in [5.74, 6) is 1.29. The second-order valence-corrected chi connectivity index (χ2v) is 7.89. The second kappa shape index (κ2) is 8.58. The molecule has 27 heavy (non-hydrogen) atoms. The molecule has 1 aromatic carbocycles. The first-order valence-corrected chi connectivity index (χ1v) is 10.4. The smallest absolute Gasteiger partial charge is 0.261 e. The lowest BCUT2D eigenvalue weighted by Crippen LogP contribution is -2.22. The number of nitrogens with one attached hydrogen (secondary N) is 1. The molecule has 2 heterocycles. The number of amides is 1. The lowest BCUT2D eigenvalue weighted by molar-refractivity contribution is 0.0955. The van der Waals surface area contributed by atoms with E-state index in [1.54, 1.807) is 31.6 Å². The van der Waals surface area contributed by atoms with Gasteiger partial charge in [0.05, 0.1) is 23.8 Å². The topological polar surface area (TPSA) is 63.7 Å². The number of anilines is 1. The van der Waals surface area contributed by atoms with Gasteiger partial charge in [0, 0.05) is 25.7 Å². The third kappa shape index (κ3) is 4.33. The van der Waals surface area contributed by atoms with Gasteiger partial charge in [-0.3, -0.25) is 4.79 Å². The molecule has 1 N–H and O–H groups in total. The van der Waals surface area contributed by atoms with Crippen molar-refractivity contribution in [2.24, 2.45) is 0 Å². The summed E-state index contributed by atoms with van der Waals surface area (Å²) >= 11 is 3.06. The number of nitrogens with zero attached hydrogens (tertiary/aromatic N) is 2. The van der Waals surface area contributed by atoms with Gasteiger partial charge in [0.25, 0.3) is 5.91 Å². The normalized spacial score (nSPS) is 10.8. The Hall–Kier alpha value is -2.32. The summed E-state index contributed by atoms with van der Waals surface area (Å²) in [7, 11) is 3.21. The molecule has 0 saturated carbocycles. The van der Waals surface area contributed by atoms with Crippen LogP contribution in [-0.4, -0.2) is 38.2 Å². The number of thiazole rings is 1. The van der Waals surface area contributed by atoms with Crippen LogP contribution in [0, 0.1) is 0 Å². The highest BCUT2D eigenvalue weighted by atomic mass is 32.1. The number of carbonyl (C=O) groups excluding carboxylic acids is 1. The molecule has 0 bridgehead atoms. The molecule has 0 fully saturated rings. The Morgan fingerprint density at radius 3 is 2.30 bits per heavy atom. The zero-order valence-electron chi connectivity index (χ0n) is 15.9. The fourth-order valence-corrected chi connectivity index (χ4v) is 4.96. The minimum Gasteiger partial charge on any atom is -0.497 e. The van der Waals surface area contributed by atoms with Crippen LogP contribution in [0.4, 0.5) is 5.13 Å². The van der Waals surface area contributed by atoms with E-state index in [0.717, 1.165) is 33.3 Å². The molecular weight excluding hydrogens is 382 g/mol. The van der Waals surface area contributed by atoms with Crippen molar-refractivity contribution in [2.45, 2.75) is 20.4 Å². The van der Waals surface area contributed by atoms with Crippen LogP contribution in [0.2, 0.25) is 0 Å². The van der Waals surface area contributed by atoms with Gasteiger partial charge >= 0.3 is 0 Å². The van der Waals surface area contributed by atoms with Crippen molar-refractivity contribution in [2.75, 3.05) is 32.2 Å². The number of hydrogen-bond acceptors (Lipinski definition) is 7. The third-order valence-electron chi connectivity index (χ3n) is 4.20.